The van der Waals surface area contributed by atoms with Crippen molar-refractivity contribution in [3.63, 3.8) is 0 Å². The molecule has 0 fully saturated rings. The van der Waals surface area contributed by atoms with Gasteiger partial charge in [-0.25, -0.2) is 14.2 Å². The van der Waals surface area contributed by atoms with Crippen LogP contribution in [0.1, 0.15) is 39.8 Å². The Labute approximate surface area is 171 Å². The number of primary amides is 1. The van der Waals surface area contributed by atoms with Gasteiger partial charge in [-0.3, -0.25) is 9.59 Å². The molecule has 1 aromatic carbocycles. The summed E-state index contributed by atoms with van der Waals surface area (Å²) in [5.41, 5.74) is 8.02. The number of benzene rings is 1. The van der Waals surface area contributed by atoms with Gasteiger partial charge in [-0.1, -0.05) is 19.1 Å². The van der Waals surface area contributed by atoms with Crippen molar-refractivity contribution in [2.45, 2.75) is 26.7 Å². The predicted octanol–water partition coefficient (Wildman–Crippen LogP) is 2.07. The molecule has 1 amide bonds. The zero-order valence-electron chi connectivity index (χ0n) is 16.4. The molecular weight excluding hydrogens is 393 g/mol. The highest BCUT2D eigenvalue weighted by Gasteiger charge is 2.29. The Kier molecular flexibility index (Phi) is 5.81. The van der Waals surface area contributed by atoms with Gasteiger partial charge in [0, 0.05) is 18.3 Å². The van der Waals surface area contributed by atoms with Crippen molar-refractivity contribution in [1.82, 2.24) is 9.38 Å². The van der Waals surface area contributed by atoms with Gasteiger partial charge < -0.3 is 20.0 Å². The second kappa shape index (κ2) is 8.32. The Hall–Kier alpha value is -3.75. The Morgan fingerprint density at radius 1 is 1.23 bits per heavy atom. The highest BCUT2D eigenvalue weighted by Crippen LogP contribution is 2.32. The summed E-state index contributed by atoms with van der Waals surface area (Å²) in [7, 11) is 0. The van der Waals surface area contributed by atoms with Crippen LogP contribution in [0.3, 0.4) is 0 Å². The lowest BCUT2D eigenvalue weighted by Gasteiger charge is -2.10. The smallest absolute Gasteiger partial charge is 0.341 e. The van der Waals surface area contributed by atoms with Crippen LogP contribution in [-0.2, 0) is 22.4 Å². The number of halogens is 1. The standard InChI is InChI=1S/C21H20FN3O5/c1-3-14-15(8-12-4-6-13(22)7-5-12)25-9-11(2)24-21(30-10-16(26)27)18(25)17(14)19(28)20(23)29/h4-7,9H,3,8,10H2,1-2H3,(H2,23,29)(H,26,27). The van der Waals surface area contributed by atoms with Crippen molar-refractivity contribution in [3.05, 3.63) is 64.4 Å². The number of carbonyl (C=O) groups excluding carboxylic acids is 2. The number of nitrogens with two attached hydrogens (primary N) is 1. The predicted molar refractivity (Wildman–Crippen MR) is 105 cm³/mol. The molecule has 30 heavy (non-hydrogen) atoms. The van der Waals surface area contributed by atoms with Gasteiger partial charge in [0.15, 0.2) is 6.61 Å². The Bertz CT molecular complexity index is 1150. The molecule has 3 N–H and O–H groups in total. The number of Topliss-reactive ketones (excluding diaryl/α,β-unsaturated/α-hetero) is 1. The quantitative estimate of drug-likeness (QED) is 0.430. The number of carbonyl (C=O) groups is 3. The van der Waals surface area contributed by atoms with Crippen LogP contribution in [0.15, 0.2) is 30.5 Å². The average Bonchev–Trinajstić information content (AvgIpc) is 3.00. The first-order valence-corrected chi connectivity index (χ1v) is 9.19. The van der Waals surface area contributed by atoms with E-state index in [0.29, 0.717) is 29.8 Å². The molecule has 0 aliphatic carbocycles. The first kappa shape index (κ1) is 21.0. The lowest BCUT2D eigenvalue weighted by molar-refractivity contribution is -0.139. The van der Waals surface area contributed by atoms with Crippen molar-refractivity contribution in [2.24, 2.45) is 5.73 Å². The third-order valence-electron chi connectivity index (χ3n) is 4.64. The summed E-state index contributed by atoms with van der Waals surface area (Å²) < 4.78 is 20.3. The molecule has 0 atom stereocenters. The van der Waals surface area contributed by atoms with Gasteiger partial charge in [0.05, 0.1) is 11.3 Å². The van der Waals surface area contributed by atoms with Crippen molar-refractivity contribution < 1.29 is 28.6 Å². The summed E-state index contributed by atoms with van der Waals surface area (Å²) in [6, 6.07) is 5.92. The third-order valence-corrected chi connectivity index (χ3v) is 4.64. The second-order valence-electron chi connectivity index (χ2n) is 6.74. The lowest BCUT2D eigenvalue weighted by Crippen LogP contribution is -2.24. The van der Waals surface area contributed by atoms with E-state index in [1.54, 1.807) is 29.7 Å². The monoisotopic (exact) mass is 413 g/mol. The van der Waals surface area contributed by atoms with E-state index in [9.17, 15) is 18.8 Å². The normalized spacial score (nSPS) is 10.9. The molecule has 156 valence electrons. The molecule has 0 aliphatic rings. The Morgan fingerprint density at radius 3 is 2.47 bits per heavy atom. The minimum absolute atomic E-state index is 0.0370. The highest BCUT2D eigenvalue weighted by atomic mass is 19.1. The van der Waals surface area contributed by atoms with Crippen molar-refractivity contribution in [3.8, 4) is 5.88 Å². The van der Waals surface area contributed by atoms with E-state index in [2.05, 4.69) is 4.98 Å². The molecule has 3 aromatic rings. The van der Waals surface area contributed by atoms with E-state index in [1.165, 1.54) is 12.1 Å². The molecule has 9 heteroatoms. The second-order valence-corrected chi connectivity index (χ2v) is 6.74. The zero-order valence-corrected chi connectivity index (χ0v) is 16.4. The molecular formula is C21H20FN3O5. The van der Waals surface area contributed by atoms with E-state index in [4.69, 9.17) is 15.6 Å². The molecule has 0 bridgehead atoms. The number of aryl methyl sites for hydroxylation is 1. The van der Waals surface area contributed by atoms with Gasteiger partial charge in [0.2, 0.25) is 5.88 Å². The number of amides is 1. The van der Waals surface area contributed by atoms with E-state index in [-0.39, 0.29) is 22.8 Å². The van der Waals surface area contributed by atoms with E-state index >= 15 is 0 Å². The minimum atomic E-state index is -1.21. The minimum Gasteiger partial charge on any atom is -0.479 e. The number of carboxylic acids is 1. The molecule has 0 spiro atoms. The Morgan fingerprint density at radius 2 is 1.90 bits per heavy atom. The summed E-state index contributed by atoms with van der Waals surface area (Å²) >= 11 is 0. The van der Waals surface area contributed by atoms with Crippen LogP contribution in [0.4, 0.5) is 4.39 Å². The maximum absolute atomic E-state index is 13.3. The summed E-state index contributed by atoms with van der Waals surface area (Å²) in [6.45, 7) is 2.84. The summed E-state index contributed by atoms with van der Waals surface area (Å²) in [4.78, 5) is 39.6. The fourth-order valence-corrected chi connectivity index (χ4v) is 3.44. The van der Waals surface area contributed by atoms with Crippen LogP contribution < -0.4 is 10.5 Å². The van der Waals surface area contributed by atoms with Gasteiger partial charge in [-0.2, -0.15) is 0 Å². The number of aromatic nitrogens is 2. The molecule has 3 rings (SSSR count). The van der Waals surface area contributed by atoms with Crippen molar-refractivity contribution in [1.29, 1.82) is 0 Å². The SMILES string of the molecule is CCc1c(C(=O)C(N)=O)c2c(OCC(=O)O)nc(C)cn2c1Cc1ccc(F)cc1. The molecule has 8 nitrogen and oxygen atoms in total. The van der Waals surface area contributed by atoms with Crippen LogP contribution >= 0.6 is 0 Å². The van der Waals surface area contributed by atoms with Gasteiger partial charge in [0.1, 0.15) is 11.3 Å². The van der Waals surface area contributed by atoms with Crippen LogP contribution in [-0.4, -0.2) is 38.8 Å². The number of ketones is 1. The van der Waals surface area contributed by atoms with Crippen molar-refractivity contribution in [2.75, 3.05) is 6.61 Å². The average molecular weight is 413 g/mol. The van der Waals surface area contributed by atoms with Crippen LogP contribution in [0.2, 0.25) is 0 Å². The number of carboxylic acid groups (broad SMARTS) is 1. The summed E-state index contributed by atoms with van der Waals surface area (Å²) in [6.07, 6.45) is 2.39. The number of rotatable bonds is 8. The molecule has 0 aliphatic heterocycles. The number of hydrogen-bond donors (Lipinski definition) is 2. The van der Waals surface area contributed by atoms with Crippen LogP contribution in [0.5, 0.6) is 5.88 Å². The van der Waals surface area contributed by atoms with Gasteiger partial charge in [-0.05, 0) is 36.6 Å². The first-order valence-electron chi connectivity index (χ1n) is 9.19. The number of ether oxygens (including phenoxy) is 1. The number of nitrogens with zero attached hydrogens (tertiary/aromatic N) is 2. The summed E-state index contributed by atoms with van der Waals surface area (Å²) in [5.74, 6) is -3.73. The topological polar surface area (TPSA) is 124 Å². The van der Waals surface area contributed by atoms with Crippen molar-refractivity contribution >= 4 is 23.2 Å². The fourth-order valence-electron chi connectivity index (χ4n) is 3.44. The van der Waals surface area contributed by atoms with Crippen LogP contribution in [0, 0.1) is 12.7 Å². The fraction of sp³-hybridized carbons (Fsp3) is 0.238. The van der Waals surface area contributed by atoms with E-state index in [1.807, 2.05) is 6.92 Å². The maximum atomic E-state index is 13.3. The van der Waals surface area contributed by atoms with E-state index < -0.39 is 24.3 Å². The number of hydrogen-bond acceptors (Lipinski definition) is 5. The lowest BCUT2D eigenvalue weighted by atomic mass is 9.99. The third kappa shape index (κ3) is 4.00. The molecule has 0 unspecified atom stereocenters. The zero-order chi connectivity index (χ0) is 22.0. The summed E-state index contributed by atoms with van der Waals surface area (Å²) in [5, 5.41) is 8.97. The maximum Gasteiger partial charge on any atom is 0.341 e. The molecule has 0 radical (unpaired) electrons. The molecule has 0 saturated heterocycles. The Balaban J connectivity index is 2.31. The van der Waals surface area contributed by atoms with Gasteiger partial charge in [0.25, 0.3) is 11.7 Å². The molecule has 2 heterocycles. The highest BCUT2D eigenvalue weighted by molar-refractivity contribution is 6.44. The van der Waals surface area contributed by atoms with Gasteiger partial charge in [-0.15, -0.1) is 0 Å². The largest absolute Gasteiger partial charge is 0.479 e. The number of aliphatic carboxylic acids is 1. The van der Waals surface area contributed by atoms with E-state index in [0.717, 1.165) is 5.56 Å². The number of fused-ring (bicyclic) bond motifs is 1. The first-order chi connectivity index (χ1) is 14.2. The van der Waals surface area contributed by atoms with Crippen LogP contribution in [0.25, 0.3) is 5.52 Å². The molecule has 0 saturated carbocycles. The van der Waals surface area contributed by atoms with Gasteiger partial charge >= 0.3 is 5.97 Å². The molecule has 2 aromatic heterocycles.